The molecule has 0 bridgehead atoms. The maximum Gasteiger partial charge on any atom is 0.228 e. The molecular formula is C12H6N2OS. The number of rotatable bonds is 1. The van der Waals surface area contributed by atoms with E-state index in [1.807, 2.05) is 30.3 Å². The van der Waals surface area contributed by atoms with Gasteiger partial charge in [-0.1, -0.05) is 18.2 Å². The second-order valence-corrected chi connectivity index (χ2v) is 4.14. The van der Waals surface area contributed by atoms with Crippen LogP contribution in [0.1, 0.15) is 5.56 Å². The lowest BCUT2D eigenvalue weighted by Gasteiger charge is -1.92. The van der Waals surface area contributed by atoms with Crippen molar-refractivity contribution in [3.05, 3.63) is 41.3 Å². The van der Waals surface area contributed by atoms with Crippen LogP contribution in [0.4, 0.5) is 0 Å². The first kappa shape index (κ1) is 9.13. The topological polar surface area (TPSA) is 49.8 Å². The molecule has 2 aromatic heterocycles. The molecule has 0 saturated heterocycles. The highest BCUT2D eigenvalue weighted by Crippen LogP contribution is 2.30. The van der Waals surface area contributed by atoms with Gasteiger partial charge in [-0.3, -0.25) is 0 Å². The van der Waals surface area contributed by atoms with E-state index in [0.29, 0.717) is 17.0 Å². The number of hydrogen-bond donors (Lipinski definition) is 0. The van der Waals surface area contributed by atoms with Crippen molar-refractivity contribution in [2.45, 2.75) is 0 Å². The monoisotopic (exact) mass is 226 g/mol. The zero-order chi connectivity index (χ0) is 11.0. The van der Waals surface area contributed by atoms with Crippen molar-refractivity contribution >= 4 is 21.8 Å². The summed E-state index contributed by atoms with van der Waals surface area (Å²) in [5, 5.41) is 10.6. The summed E-state index contributed by atoms with van der Waals surface area (Å²) < 4.78 is 5.59. The van der Waals surface area contributed by atoms with Crippen molar-refractivity contribution in [2.24, 2.45) is 0 Å². The summed E-state index contributed by atoms with van der Waals surface area (Å²) >= 11 is 1.43. The number of aromatic nitrogens is 1. The van der Waals surface area contributed by atoms with Crippen LogP contribution >= 0.6 is 11.3 Å². The molecule has 3 rings (SSSR count). The highest BCUT2D eigenvalue weighted by atomic mass is 32.1. The lowest BCUT2D eigenvalue weighted by Crippen LogP contribution is -1.74. The van der Waals surface area contributed by atoms with E-state index >= 15 is 0 Å². The van der Waals surface area contributed by atoms with Crippen LogP contribution in [0.2, 0.25) is 0 Å². The molecule has 0 unspecified atom stereocenters. The Morgan fingerprint density at radius 1 is 1.25 bits per heavy atom. The molecule has 0 spiro atoms. The van der Waals surface area contributed by atoms with Gasteiger partial charge in [0.2, 0.25) is 5.89 Å². The van der Waals surface area contributed by atoms with Gasteiger partial charge in [0.05, 0.1) is 0 Å². The highest BCUT2D eigenvalue weighted by Gasteiger charge is 2.12. The van der Waals surface area contributed by atoms with Crippen LogP contribution in [0.25, 0.3) is 21.9 Å². The Kier molecular flexibility index (Phi) is 1.98. The second kappa shape index (κ2) is 3.47. The SMILES string of the molecule is N#Cc1csc2nc(-c3ccccc3)oc12. The third-order valence-electron chi connectivity index (χ3n) is 2.27. The first-order valence-electron chi connectivity index (χ1n) is 4.72. The number of nitriles is 1. The predicted octanol–water partition coefficient (Wildman–Crippen LogP) is 3.43. The van der Waals surface area contributed by atoms with E-state index in [1.165, 1.54) is 11.3 Å². The molecule has 2 heterocycles. The molecular weight excluding hydrogens is 220 g/mol. The molecule has 3 nitrogen and oxygen atoms in total. The Balaban J connectivity index is 2.21. The standard InChI is InChI=1S/C12H6N2OS/c13-6-9-7-16-12-10(9)15-11(14-12)8-4-2-1-3-5-8/h1-5,7H. The normalized spacial score (nSPS) is 10.4. The van der Waals surface area contributed by atoms with Gasteiger partial charge in [0.25, 0.3) is 0 Å². The summed E-state index contributed by atoms with van der Waals surface area (Å²) in [5.41, 5.74) is 2.07. The first-order valence-corrected chi connectivity index (χ1v) is 5.60. The molecule has 0 saturated carbocycles. The van der Waals surface area contributed by atoms with Crippen molar-refractivity contribution in [1.82, 2.24) is 4.98 Å². The second-order valence-electron chi connectivity index (χ2n) is 3.28. The largest absolute Gasteiger partial charge is 0.434 e. The van der Waals surface area contributed by atoms with Crippen LogP contribution in [-0.4, -0.2) is 4.98 Å². The van der Waals surface area contributed by atoms with Crippen molar-refractivity contribution in [2.75, 3.05) is 0 Å². The number of oxazole rings is 1. The van der Waals surface area contributed by atoms with Crippen molar-refractivity contribution in [3.8, 4) is 17.5 Å². The summed E-state index contributed by atoms with van der Waals surface area (Å²) in [6.45, 7) is 0. The quantitative estimate of drug-likeness (QED) is 0.638. The first-order chi connectivity index (χ1) is 7.88. The van der Waals surface area contributed by atoms with E-state index in [-0.39, 0.29) is 0 Å². The lowest BCUT2D eigenvalue weighted by atomic mass is 10.2. The molecule has 0 aliphatic heterocycles. The molecule has 16 heavy (non-hydrogen) atoms. The van der Waals surface area contributed by atoms with Gasteiger partial charge < -0.3 is 4.42 Å². The minimum Gasteiger partial charge on any atom is -0.434 e. The van der Waals surface area contributed by atoms with E-state index in [9.17, 15) is 0 Å². The average Bonchev–Trinajstić information content (AvgIpc) is 2.89. The molecule has 0 amide bonds. The summed E-state index contributed by atoms with van der Waals surface area (Å²) in [5.74, 6) is 0.568. The van der Waals surface area contributed by atoms with Crippen LogP contribution in [0.15, 0.2) is 40.1 Å². The number of fused-ring (bicyclic) bond motifs is 1. The van der Waals surface area contributed by atoms with Gasteiger partial charge in [0, 0.05) is 10.9 Å². The van der Waals surface area contributed by atoms with Crippen molar-refractivity contribution < 1.29 is 4.42 Å². The fourth-order valence-electron chi connectivity index (χ4n) is 1.51. The third kappa shape index (κ3) is 1.30. The van der Waals surface area contributed by atoms with Gasteiger partial charge in [-0.2, -0.15) is 10.2 Å². The fraction of sp³-hybridized carbons (Fsp3) is 0. The summed E-state index contributed by atoms with van der Waals surface area (Å²) in [6.07, 6.45) is 0. The zero-order valence-corrected chi connectivity index (χ0v) is 8.99. The van der Waals surface area contributed by atoms with E-state index < -0.39 is 0 Å². The highest BCUT2D eigenvalue weighted by molar-refractivity contribution is 7.16. The Labute approximate surface area is 95.6 Å². The number of benzene rings is 1. The fourth-order valence-corrected chi connectivity index (χ4v) is 2.29. The van der Waals surface area contributed by atoms with E-state index in [1.54, 1.807) is 5.38 Å². The molecule has 3 aromatic rings. The van der Waals surface area contributed by atoms with E-state index in [4.69, 9.17) is 9.68 Å². The van der Waals surface area contributed by atoms with Gasteiger partial charge in [-0.25, -0.2) is 0 Å². The molecule has 0 N–H and O–H groups in total. The van der Waals surface area contributed by atoms with Crippen LogP contribution < -0.4 is 0 Å². The molecule has 1 aromatic carbocycles. The molecule has 0 atom stereocenters. The lowest BCUT2D eigenvalue weighted by molar-refractivity contribution is 0.619. The molecule has 76 valence electrons. The minimum atomic E-state index is 0.551. The number of thiophene rings is 1. The molecule has 4 heteroatoms. The van der Waals surface area contributed by atoms with Crippen LogP contribution in [0.3, 0.4) is 0 Å². The number of hydrogen-bond acceptors (Lipinski definition) is 4. The Hall–Kier alpha value is -2.12. The Bertz CT molecular complexity index is 676. The summed E-state index contributed by atoms with van der Waals surface area (Å²) in [6, 6.07) is 11.8. The Morgan fingerprint density at radius 2 is 2.06 bits per heavy atom. The van der Waals surface area contributed by atoms with Gasteiger partial charge in [-0.05, 0) is 12.1 Å². The van der Waals surface area contributed by atoms with E-state index in [2.05, 4.69) is 11.1 Å². The van der Waals surface area contributed by atoms with Crippen LogP contribution in [-0.2, 0) is 0 Å². The van der Waals surface area contributed by atoms with Crippen molar-refractivity contribution in [3.63, 3.8) is 0 Å². The van der Waals surface area contributed by atoms with Crippen LogP contribution in [0, 0.1) is 11.3 Å². The smallest absolute Gasteiger partial charge is 0.228 e. The maximum absolute atomic E-state index is 8.87. The van der Waals surface area contributed by atoms with E-state index in [0.717, 1.165) is 10.4 Å². The van der Waals surface area contributed by atoms with Gasteiger partial charge in [0.1, 0.15) is 11.6 Å². The van der Waals surface area contributed by atoms with Crippen molar-refractivity contribution in [1.29, 1.82) is 5.26 Å². The maximum atomic E-state index is 8.87. The van der Waals surface area contributed by atoms with Gasteiger partial charge in [-0.15, -0.1) is 11.3 Å². The Morgan fingerprint density at radius 3 is 2.81 bits per heavy atom. The van der Waals surface area contributed by atoms with Gasteiger partial charge >= 0.3 is 0 Å². The predicted molar refractivity (Wildman–Crippen MR) is 62.0 cm³/mol. The third-order valence-corrected chi connectivity index (χ3v) is 3.12. The summed E-state index contributed by atoms with van der Waals surface area (Å²) in [4.78, 5) is 5.13. The molecule has 0 radical (unpaired) electrons. The number of nitrogens with zero attached hydrogens (tertiary/aromatic N) is 2. The average molecular weight is 226 g/mol. The molecule has 0 aliphatic rings. The summed E-state index contributed by atoms with van der Waals surface area (Å²) in [7, 11) is 0. The van der Waals surface area contributed by atoms with Crippen LogP contribution in [0.5, 0.6) is 0 Å². The van der Waals surface area contributed by atoms with Gasteiger partial charge in [0.15, 0.2) is 10.4 Å². The zero-order valence-electron chi connectivity index (χ0n) is 8.18. The molecule has 0 fully saturated rings. The molecule has 0 aliphatic carbocycles. The minimum absolute atomic E-state index is 0.551.